The molecule has 0 aliphatic rings. The minimum atomic E-state index is -1.13. The highest BCUT2D eigenvalue weighted by atomic mass is 16.5. The number of ether oxygens (including phenoxy) is 1. The minimum Gasteiger partial charge on any atom is -0.450 e. The molecule has 0 aliphatic heterocycles. The molecule has 2 amide bonds. The Morgan fingerprint density at radius 1 is 0.889 bits per heavy atom. The Morgan fingerprint density at radius 2 is 1.44 bits per heavy atom. The van der Waals surface area contributed by atoms with E-state index in [-0.39, 0.29) is 5.91 Å². The molecule has 0 radical (unpaired) electrons. The predicted octanol–water partition coefficient (Wildman–Crippen LogP) is 1.98. The number of rotatable bonds is 8. The van der Waals surface area contributed by atoms with Crippen LogP contribution in [0.1, 0.15) is 25.0 Å². The Balaban J connectivity index is 2.16. The van der Waals surface area contributed by atoms with E-state index in [1.807, 2.05) is 60.7 Å². The van der Waals surface area contributed by atoms with Crippen LogP contribution >= 0.6 is 0 Å². The lowest BCUT2D eigenvalue weighted by Crippen LogP contribution is -2.53. The third kappa shape index (κ3) is 6.93. The number of nitrogens with one attached hydrogen (secondary N) is 2. The van der Waals surface area contributed by atoms with Gasteiger partial charge in [0.25, 0.3) is 5.91 Å². The highest BCUT2D eigenvalue weighted by molar-refractivity contribution is 5.85. The van der Waals surface area contributed by atoms with Crippen molar-refractivity contribution in [3.05, 3.63) is 71.8 Å². The average Bonchev–Trinajstić information content (AvgIpc) is 2.65. The molecule has 2 aromatic rings. The van der Waals surface area contributed by atoms with Gasteiger partial charge in [-0.3, -0.25) is 14.4 Å². The van der Waals surface area contributed by atoms with Crippen molar-refractivity contribution in [1.82, 2.24) is 10.6 Å². The van der Waals surface area contributed by atoms with Crippen LogP contribution in [0.2, 0.25) is 0 Å². The highest BCUT2D eigenvalue weighted by Gasteiger charge is 2.32. The molecule has 0 bridgehead atoms. The van der Waals surface area contributed by atoms with Crippen molar-refractivity contribution in [2.45, 2.75) is 39.0 Å². The Labute approximate surface area is 158 Å². The first-order chi connectivity index (χ1) is 13.0. The van der Waals surface area contributed by atoms with E-state index in [2.05, 4.69) is 10.6 Å². The van der Waals surface area contributed by atoms with Gasteiger partial charge in [0.05, 0.1) is 6.04 Å². The molecular formula is C21H24N2O4. The monoisotopic (exact) mass is 368 g/mol. The number of hydrogen-bond acceptors (Lipinski definition) is 4. The van der Waals surface area contributed by atoms with E-state index in [1.165, 1.54) is 13.8 Å². The fourth-order valence-electron chi connectivity index (χ4n) is 2.75. The molecule has 2 aromatic carbocycles. The summed E-state index contributed by atoms with van der Waals surface area (Å²) in [6.45, 7) is 2.91. The van der Waals surface area contributed by atoms with Crippen LogP contribution in [0, 0.1) is 0 Å². The molecule has 6 heteroatoms. The molecule has 0 aliphatic carbocycles. The molecule has 142 valence electrons. The first kappa shape index (κ1) is 20.2. The topological polar surface area (TPSA) is 84.5 Å². The molecule has 0 saturated heterocycles. The summed E-state index contributed by atoms with van der Waals surface area (Å²) in [5, 5.41) is 5.51. The van der Waals surface area contributed by atoms with Crippen molar-refractivity contribution in [3.8, 4) is 0 Å². The molecule has 0 aromatic heterocycles. The maximum absolute atomic E-state index is 12.7. The maximum Gasteiger partial charge on any atom is 0.303 e. The SMILES string of the molecule is CC(=O)N[C@H](Cc1ccccc1)[C@@H](OC(C)=O)C(=O)NCc1ccccc1. The second-order valence-corrected chi connectivity index (χ2v) is 6.23. The smallest absolute Gasteiger partial charge is 0.303 e. The molecule has 27 heavy (non-hydrogen) atoms. The van der Waals surface area contributed by atoms with Crippen molar-refractivity contribution in [3.63, 3.8) is 0 Å². The van der Waals surface area contributed by atoms with Gasteiger partial charge in [-0.05, 0) is 17.5 Å². The maximum atomic E-state index is 12.7. The van der Waals surface area contributed by atoms with Crippen molar-refractivity contribution >= 4 is 17.8 Å². The lowest BCUT2D eigenvalue weighted by atomic mass is 10.00. The summed E-state index contributed by atoms with van der Waals surface area (Å²) in [6, 6.07) is 18.1. The fourth-order valence-corrected chi connectivity index (χ4v) is 2.75. The van der Waals surface area contributed by atoms with E-state index in [0.29, 0.717) is 13.0 Å². The molecular weight excluding hydrogens is 344 g/mol. The summed E-state index contributed by atoms with van der Waals surface area (Å²) >= 11 is 0. The van der Waals surface area contributed by atoms with Gasteiger partial charge in [-0.15, -0.1) is 0 Å². The van der Waals surface area contributed by atoms with Gasteiger partial charge in [0, 0.05) is 20.4 Å². The first-order valence-corrected chi connectivity index (χ1v) is 8.75. The lowest BCUT2D eigenvalue weighted by Gasteiger charge is -2.26. The Kier molecular flexibility index (Phi) is 7.55. The summed E-state index contributed by atoms with van der Waals surface area (Å²) in [6.07, 6.45) is -0.771. The van der Waals surface area contributed by atoms with Crippen molar-refractivity contribution in [1.29, 1.82) is 0 Å². The number of benzene rings is 2. The fraction of sp³-hybridized carbons (Fsp3) is 0.286. The van der Waals surface area contributed by atoms with E-state index < -0.39 is 24.0 Å². The van der Waals surface area contributed by atoms with E-state index >= 15 is 0 Å². The van der Waals surface area contributed by atoms with Crippen molar-refractivity contribution in [2.75, 3.05) is 0 Å². The van der Waals surface area contributed by atoms with Gasteiger partial charge < -0.3 is 15.4 Å². The van der Waals surface area contributed by atoms with Crippen molar-refractivity contribution < 1.29 is 19.1 Å². The Morgan fingerprint density at radius 3 is 1.96 bits per heavy atom. The molecule has 0 spiro atoms. The summed E-state index contributed by atoms with van der Waals surface area (Å²) < 4.78 is 5.27. The van der Waals surface area contributed by atoms with Gasteiger partial charge in [0.1, 0.15) is 0 Å². The number of esters is 1. The zero-order chi connectivity index (χ0) is 19.6. The second kappa shape index (κ2) is 10.1. The minimum absolute atomic E-state index is 0.301. The first-order valence-electron chi connectivity index (χ1n) is 8.75. The number of amides is 2. The second-order valence-electron chi connectivity index (χ2n) is 6.23. The third-order valence-electron chi connectivity index (χ3n) is 3.91. The molecule has 0 saturated carbocycles. The van der Waals surface area contributed by atoms with Crippen LogP contribution in [0.3, 0.4) is 0 Å². The Hall–Kier alpha value is -3.15. The summed E-state index contributed by atoms with van der Waals surface area (Å²) in [7, 11) is 0. The van der Waals surface area contributed by atoms with E-state index in [4.69, 9.17) is 4.74 Å². The molecule has 0 heterocycles. The standard InChI is InChI=1S/C21H24N2O4/c1-15(24)23-19(13-17-9-5-3-6-10-17)20(27-16(2)25)21(26)22-14-18-11-7-4-8-12-18/h3-12,19-20H,13-14H2,1-2H3,(H,22,26)(H,23,24)/t19-,20-/m1/s1. The Bertz CT molecular complexity index is 762. The van der Waals surface area contributed by atoms with Crippen LogP contribution in [0.15, 0.2) is 60.7 Å². The van der Waals surface area contributed by atoms with E-state index in [9.17, 15) is 14.4 Å². The van der Waals surface area contributed by atoms with Gasteiger partial charge in [-0.2, -0.15) is 0 Å². The summed E-state index contributed by atoms with van der Waals surface area (Å²) in [4.78, 5) is 35.9. The van der Waals surface area contributed by atoms with Crippen LogP contribution in [-0.2, 0) is 32.1 Å². The van der Waals surface area contributed by atoms with Gasteiger partial charge in [0.2, 0.25) is 5.91 Å². The van der Waals surface area contributed by atoms with Gasteiger partial charge in [-0.25, -0.2) is 0 Å². The number of carbonyl (C=O) groups is 3. The quantitative estimate of drug-likeness (QED) is 0.698. The van der Waals surface area contributed by atoms with Crippen LogP contribution in [0.5, 0.6) is 0 Å². The molecule has 2 rings (SSSR count). The number of hydrogen-bond donors (Lipinski definition) is 2. The molecule has 0 fully saturated rings. The van der Waals surface area contributed by atoms with Gasteiger partial charge >= 0.3 is 5.97 Å². The van der Waals surface area contributed by atoms with E-state index in [0.717, 1.165) is 11.1 Å². The van der Waals surface area contributed by atoms with Crippen LogP contribution < -0.4 is 10.6 Å². The predicted molar refractivity (Wildman–Crippen MR) is 102 cm³/mol. The number of carbonyl (C=O) groups excluding carboxylic acids is 3. The van der Waals surface area contributed by atoms with Crippen LogP contribution in [-0.4, -0.2) is 29.9 Å². The lowest BCUT2D eigenvalue weighted by molar-refractivity contribution is -0.156. The molecule has 0 unspecified atom stereocenters. The molecule has 2 N–H and O–H groups in total. The average molecular weight is 368 g/mol. The third-order valence-corrected chi connectivity index (χ3v) is 3.91. The summed E-state index contributed by atoms with van der Waals surface area (Å²) in [5.74, 6) is -1.34. The highest BCUT2D eigenvalue weighted by Crippen LogP contribution is 2.11. The van der Waals surface area contributed by atoms with Gasteiger partial charge in [-0.1, -0.05) is 60.7 Å². The van der Waals surface area contributed by atoms with Crippen LogP contribution in [0.25, 0.3) is 0 Å². The van der Waals surface area contributed by atoms with Crippen LogP contribution in [0.4, 0.5) is 0 Å². The van der Waals surface area contributed by atoms with Crippen molar-refractivity contribution in [2.24, 2.45) is 0 Å². The molecule has 2 atom stereocenters. The zero-order valence-electron chi connectivity index (χ0n) is 15.5. The molecule has 6 nitrogen and oxygen atoms in total. The van der Waals surface area contributed by atoms with E-state index in [1.54, 1.807) is 0 Å². The summed E-state index contributed by atoms with van der Waals surface area (Å²) in [5.41, 5.74) is 1.84. The largest absolute Gasteiger partial charge is 0.450 e. The van der Waals surface area contributed by atoms with Gasteiger partial charge in [0.15, 0.2) is 6.10 Å². The zero-order valence-corrected chi connectivity index (χ0v) is 15.5. The normalized spacial score (nSPS) is 12.5.